The lowest BCUT2D eigenvalue weighted by molar-refractivity contribution is 0.102. The van der Waals surface area contributed by atoms with Gasteiger partial charge in [0.2, 0.25) is 0 Å². The topological polar surface area (TPSA) is 78.6 Å². The van der Waals surface area contributed by atoms with Gasteiger partial charge in [-0.3, -0.25) is 4.79 Å². The lowest BCUT2D eigenvalue weighted by Gasteiger charge is -2.14. The summed E-state index contributed by atoms with van der Waals surface area (Å²) in [5, 5.41) is 12.3. The molecule has 2 aromatic rings. The van der Waals surface area contributed by atoms with Crippen LogP contribution in [0.3, 0.4) is 0 Å². The van der Waals surface area contributed by atoms with Crippen molar-refractivity contribution in [3.05, 3.63) is 48.0 Å². The zero-order chi connectivity index (χ0) is 14.7. The van der Waals surface area contributed by atoms with Gasteiger partial charge < -0.3 is 21.1 Å². The third-order valence-corrected chi connectivity index (χ3v) is 2.91. The lowest BCUT2D eigenvalue weighted by Crippen LogP contribution is -2.13. The van der Waals surface area contributed by atoms with E-state index < -0.39 is 0 Å². The molecule has 0 unspecified atom stereocenters. The molecule has 104 valence electrons. The van der Waals surface area contributed by atoms with Crippen molar-refractivity contribution in [2.45, 2.75) is 0 Å². The number of aromatic hydroxyl groups is 1. The van der Waals surface area contributed by atoms with E-state index in [0.29, 0.717) is 11.3 Å². The number of nitrogens with one attached hydrogen (secondary N) is 1. The second-order valence-corrected chi connectivity index (χ2v) is 4.67. The highest BCUT2D eigenvalue weighted by Gasteiger charge is 2.09. The summed E-state index contributed by atoms with van der Waals surface area (Å²) in [6, 6.07) is 11.9. The molecule has 0 aliphatic carbocycles. The fourth-order valence-electron chi connectivity index (χ4n) is 1.75. The van der Waals surface area contributed by atoms with Crippen LogP contribution in [0.15, 0.2) is 42.5 Å². The quantitative estimate of drug-likeness (QED) is 0.591. The smallest absolute Gasteiger partial charge is 0.255 e. The molecule has 0 fully saturated rings. The molecule has 0 saturated carbocycles. The van der Waals surface area contributed by atoms with Gasteiger partial charge in [0.15, 0.2) is 0 Å². The number of nitrogen functional groups attached to an aromatic ring is 1. The molecule has 5 heteroatoms. The van der Waals surface area contributed by atoms with E-state index in [0.717, 1.165) is 5.69 Å². The molecule has 5 nitrogen and oxygen atoms in total. The third kappa shape index (κ3) is 3.00. The van der Waals surface area contributed by atoms with Crippen molar-refractivity contribution in [1.82, 2.24) is 0 Å². The number of nitrogens with zero attached hydrogens (tertiary/aromatic N) is 1. The van der Waals surface area contributed by atoms with E-state index in [4.69, 9.17) is 5.73 Å². The van der Waals surface area contributed by atoms with Gasteiger partial charge in [-0.1, -0.05) is 6.07 Å². The molecule has 1 amide bonds. The number of hydrogen-bond acceptors (Lipinski definition) is 4. The highest BCUT2D eigenvalue weighted by atomic mass is 16.3. The number of phenols is 1. The summed E-state index contributed by atoms with van der Waals surface area (Å²) in [6.45, 7) is 0. The van der Waals surface area contributed by atoms with Gasteiger partial charge >= 0.3 is 0 Å². The molecule has 2 aromatic carbocycles. The van der Waals surface area contributed by atoms with Crippen LogP contribution < -0.4 is 16.0 Å². The van der Waals surface area contributed by atoms with Gasteiger partial charge in [0, 0.05) is 31.0 Å². The number of anilines is 3. The zero-order valence-corrected chi connectivity index (χ0v) is 11.4. The number of nitrogens with two attached hydrogens (primary N) is 1. The fraction of sp³-hybridized carbons (Fsp3) is 0.133. The van der Waals surface area contributed by atoms with Crippen molar-refractivity contribution in [2.24, 2.45) is 0 Å². The summed E-state index contributed by atoms with van der Waals surface area (Å²) in [6.07, 6.45) is 0. The minimum atomic E-state index is -0.295. The van der Waals surface area contributed by atoms with E-state index in [2.05, 4.69) is 5.32 Å². The molecular weight excluding hydrogens is 254 g/mol. The molecule has 0 aliphatic heterocycles. The molecule has 0 radical (unpaired) electrons. The molecule has 4 N–H and O–H groups in total. The summed E-state index contributed by atoms with van der Waals surface area (Å²) in [5.41, 5.74) is 7.79. The Morgan fingerprint density at radius 3 is 2.60 bits per heavy atom. The molecule has 0 bridgehead atoms. The third-order valence-electron chi connectivity index (χ3n) is 2.91. The van der Waals surface area contributed by atoms with Crippen LogP contribution in [0.25, 0.3) is 0 Å². The number of phenolic OH excluding ortho intramolecular Hbond substituents is 1. The molecule has 0 saturated heterocycles. The summed E-state index contributed by atoms with van der Waals surface area (Å²) >= 11 is 0. The van der Waals surface area contributed by atoms with Crippen LogP contribution in [0.2, 0.25) is 0 Å². The van der Waals surface area contributed by atoms with Crippen molar-refractivity contribution in [3.8, 4) is 5.75 Å². The SMILES string of the molecule is CN(C)c1cccc(NC(=O)c2ccc(N)c(O)c2)c1. The Morgan fingerprint density at radius 2 is 1.95 bits per heavy atom. The van der Waals surface area contributed by atoms with Crippen LogP contribution in [0, 0.1) is 0 Å². The van der Waals surface area contributed by atoms with Gasteiger partial charge in [0.1, 0.15) is 5.75 Å². The predicted molar refractivity (Wildman–Crippen MR) is 81.2 cm³/mol. The largest absolute Gasteiger partial charge is 0.506 e. The fourth-order valence-corrected chi connectivity index (χ4v) is 1.75. The van der Waals surface area contributed by atoms with Gasteiger partial charge in [0.05, 0.1) is 5.69 Å². The van der Waals surface area contributed by atoms with Crippen LogP contribution in [0.5, 0.6) is 5.75 Å². The van der Waals surface area contributed by atoms with Crippen molar-refractivity contribution in [1.29, 1.82) is 0 Å². The number of carbonyl (C=O) groups is 1. The van der Waals surface area contributed by atoms with Crippen LogP contribution in [0.4, 0.5) is 17.1 Å². The van der Waals surface area contributed by atoms with Crippen LogP contribution >= 0.6 is 0 Å². The van der Waals surface area contributed by atoms with Gasteiger partial charge in [0.25, 0.3) is 5.91 Å². The Balaban J connectivity index is 2.19. The molecule has 2 rings (SSSR count). The molecule has 0 aliphatic rings. The molecule has 0 aromatic heterocycles. The monoisotopic (exact) mass is 271 g/mol. The maximum absolute atomic E-state index is 12.1. The van der Waals surface area contributed by atoms with E-state index in [1.807, 2.05) is 43.3 Å². The Kier molecular flexibility index (Phi) is 3.79. The van der Waals surface area contributed by atoms with E-state index >= 15 is 0 Å². The second kappa shape index (κ2) is 5.52. The number of carbonyl (C=O) groups excluding carboxylic acids is 1. The van der Waals surface area contributed by atoms with E-state index in [1.165, 1.54) is 12.1 Å². The maximum Gasteiger partial charge on any atom is 0.255 e. The molecule has 20 heavy (non-hydrogen) atoms. The Morgan fingerprint density at radius 1 is 1.20 bits per heavy atom. The zero-order valence-electron chi connectivity index (χ0n) is 11.4. The summed E-state index contributed by atoms with van der Waals surface area (Å²) in [7, 11) is 3.86. The molecule has 0 atom stereocenters. The van der Waals surface area contributed by atoms with Crippen molar-refractivity contribution in [3.63, 3.8) is 0 Å². The highest BCUT2D eigenvalue weighted by Crippen LogP contribution is 2.22. The average molecular weight is 271 g/mol. The lowest BCUT2D eigenvalue weighted by atomic mass is 10.1. The number of hydrogen-bond donors (Lipinski definition) is 3. The van der Waals surface area contributed by atoms with E-state index in [-0.39, 0.29) is 17.3 Å². The first-order chi connectivity index (χ1) is 9.47. The minimum Gasteiger partial charge on any atom is -0.506 e. The molecule has 0 spiro atoms. The first-order valence-electron chi connectivity index (χ1n) is 6.14. The standard InChI is InChI=1S/C15H17N3O2/c1-18(2)12-5-3-4-11(9-12)17-15(20)10-6-7-13(16)14(19)8-10/h3-9,19H,16H2,1-2H3,(H,17,20). The minimum absolute atomic E-state index is 0.0975. The van der Waals surface area contributed by atoms with Crippen LogP contribution in [-0.4, -0.2) is 25.1 Å². The number of rotatable bonds is 3. The normalized spacial score (nSPS) is 10.1. The van der Waals surface area contributed by atoms with E-state index in [1.54, 1.807) is 6.07 Å². The first kappa shape index (κ1) is 13.7. The first-order valence-corrected chi connectivity index (χ1v) is 6.14. The van der Waals surface area contributed by atoms with Gasteiger partial charge in [-0.05, 0) is 36.4 Å². The maximum atomic E-state index is 12.1. The number of amides is 1. The van der Waals surface area contributed by atoms with Crippen molar-refractivity contribution in [2.75, 3.05) is 30.0 Å². The Bertz CT molecular complexity index is 639. The predicted octanol–water partition coefficient (Wildman–Crippen LogP) is 2.29. The Labute approximate surface area is 117 Å². The van der Waals surface area contributed by atoms with Gasteiger partial charge in [-0.15, -0.1) is 0 Å². The van der Waals surface area contributed by atoms with Crippen LogP contribution in [-0.2, 0) is 0 Å². The molecule has 0 heterocycles. The van der Waals surface area contributed by atoms with Gasteiger partial charge in [-0.2, -0.15) is 0 Å². The summed E-state index contributed by atoms with van der Waals surface area (Å²) in [5.74, 6) is -0.393. The second-order valence-electron chi connectivity index (χ2n) is 4.67. The average Bonchev–Trinajstić information content (AvgIpc) is 2.42. The van der Waals surface area contributed by atoms with Crippen molar-refractivity contribution < 1.29 is 9.90 Å². The van der Waals surface area contributed by atoms with Crippen molar-refractivity contribution >= 4 is 23.0 Å². The summed E-state index contributed by atoms with van der Waals surface area (Å²) in [4.78, 5) is 14.0. The number of benzene rings is 2. The Hall–Kier alpha value is -2.69. The van der Waals surface area contributed by atoms with Crippen LogP contribution in [0.1, 0.15) is 10.4 Å². The highest BCUT2D eigenvalue weighted by molar-refractivity contribution is 6.05. The molecular formula is C15H17N3O2. The van der Waals surface area contributed by atoms with E-state index in [9.17, 15) is 9.90 Å². The summed E-state index contributed by atoms with van der Waals surface area (Å²) < 4.78 is 0. The van der Waals surface area contributed by atoms with Gasteiger partial charge in [-0.25, -0.2) is 0 Å².